The number of carboxylic acids is 1. The molecule has 1 aliphatic heterocycles. The zero-order chi connectivity index (χ0) is 11.2. The van der Waals surface area contributed by atoms with E-state index in [1.54, 1.807) is 0 Å². The van der Waals surface area contributed by atoms with Crippen LogP contribution >= 0.6 is 0 Å². The molecule has 6 atom stereocenters. The van der Waals surface area contributed by atoms with Crippen LogP contribution in [0.4, 0.5) is 0 Å². The fraction of sp³-hybridized carbons (Fsp3) is 0.889. The van der Waals surface area contributed by atoms with Crippen LogP contribution in [0.2, 0.25) is 0 Å². The van der Waals surface area contributed by atoms with E-state index in [2.05, 4.69) is 0 Å². The molecule has 1 aliphatic carbocycles. The summed E-state index contributed by atoms with van der Waals surface area (Å²) in [6.07, 6.45) is -2.42. The molecule has 6 heteroatoms. The molecule has 1 saturated carbocycles. The lowest BCUT2D eigenvalue weighted by atomic mass is 10.0. The molecule has 2 aliphatic rings. The Morgan fingerprint density at radius 2 is 2.20 bits per heavy atom. The van der Waals surface area contributed by atoms with Crippen molar-refractivity contribution in [2.24, 2.45) is 17.8 Å². The first-order valence-corrected chi connectivity index (χ1v) is 4.79. The van der Waals surface area contributed by atoms with E-state index in [1.807, 2.05) is 0 Å². The van der Waals surface area contributed by atoms with Crippen LogP contribution < -0.4 is 5.11 Å². The summed E-state index contributed by atoms with van der Waals surface area (Å²) in [5, 5.41) is 29.3. The standard InChI is InChI=1S/C9H14O6/c1-14-9-6-4(5(6)8(12)13)7(11)3(2-10)15-9/h3-7,9-11H,2H2,1H3,(H,12,13)/p-1/t3-,4-,5-,6-,7-,9+/m1/s1. The van der Waals surface area contributed by atoms with Gasteiger partial charge >= 0.3 is 0 Å². The molecule has 0 aromatic rings. The fourth-order valence-corrected chi connectivity index (χ4v) is 2.42. The first-order chi connectivity index (χ1) is 7.11. The molecular weight excluding hydrogens is 204 g/mol. The summed E-state index contributed by atoms with van der Waals surface area (Å²) in [5.41, 5.74) is 0. The largest absolute Gasteiger partial charge is 0.550 e. The van der Waals surface area contributed by atoms with Crippen molar-refractivity contribution in [1.29, 1.82) is 0 Å². The number of aliphatic carboxylic acids is 1. The second kappa shape index (κ2) is 3.71. The van der Waals surface area contributed by atoms with Crippen molar-refractivity contribution in [3.8, 4) is 0 Å². The molecular formula is C9H13O6-. The third kappa shape index (κ3) is 1.53. The van der Waals surface area contributed by atoms with Crippen LogP contribution in [0.3, 0.4) is 0 Å². The van der Waals surface area contributed by atoms with Gasteiger partial charge in [0.15, 0.2) is 6.29 Å². The van der Waals surface area contributed by atoms with E-state index >= 15 is 0 Å². The quantitative estimate of drug-likeness (QED) is 0.534. The van der Waals surface area contributed by atoms with Crippen molar-refractivity contribution in [3.05, 3.63) is 0 Å². The lowest BCUT2D eigenvalue weighted by Gasteiger charge is -2.31. The Morgan fingerprint density at radius 1 is 1.53 bits per heavy atom. The molecule has 6 nitrogen and oxygen atoms in total. The van der Waals surface area contributed by atoms with Crippen molar-refractivity contribution in [1.82, 2.24) is 0 Å². The number of aliphatic hydroxyl groups excluding tert-OH is 2. The van der Waals surface area contributed by atoms with Gasteiger partial charge in [-0.05, 0) is 0 Å². The molecule has 0 unspecified atom stereocenters. The van der Waals surface area contributed by atoms with E-state index < -0.39 is 36.3 Å². The number of hydrogen-bond donors (Lipinski definition) is 2. The van der Waals surface area contributed by atoms with Crippen LogP contribution in [0.25, 0.3) is 0 Å². The highest BCUT2D eigenvalue weighted by Crippen LogP contribution is 2.55. The van der Waals surface area contributed by atoms with Gasteiger partial charge in [0, 0.05) is 30.8 Å². The van der Waals surface area contributed by atoms with Crippen LogP contribution in [0.15, 0.2) is 0 Å². The second-order valence-corrected chi connectivity index (χ2v) is 3.95. The van der Waals surface area contributed by atoms with Crippen molar-refractivity contribution in [2.75, 3.05) is 13.7 Å². The second-order valence-electron chi connectivity index (χ2n) is 3.95. The van der Waals surface area contributed by atoms with E-state index in [4.69, 9.17) is 14.6 Å². The van der Waals surface area contributed by atoms with Gasteiger partial charge in [0.25, 0.3) is 0 Å². The lowest BCUT2D eigenvalue weighted by Crippen LogP contribution is -2.43. The minimum Gasteiger partial charge on any atom is -0.550 e. The maximum atomic E-state index is 10.7. The Morgan fingerprint density at radius 3 is 2.67 bits per heavy atom. The smallest absolute Gasteiger partial charge is 0.161 e. The molecule has 0 spiro atoms. The molecule has 1 saturated heterocycles. The topological polar surface area (TPSA) is 99.1 Å². The number of fused-ring (bicyclic) bond motifs is 1. The van der Waals surface area contributed by atoms with Crippen molar-refractivity contribution in [2.45, 2.75) is 18.5 Å². The maximum absolute atomic E-state index is 10.7. The number of methoxy groups -OCH3 is 1. The maximum Gasteiger partial charge on any atom is 0.161 e. The van der Waals surface area contributed by atoms with Gasteiger partial charge in [0.1, 0.15) is 6.10 Å². The molecule has 86 valence electrons. The Labute approximate surface area is 86.4 Å². The average Bonchev–Trinajstić information content (AvgIpc) is 2.94. The van der Waals surface area contributed by atoms with Gasteiger partial charge in [-0.2, -0.15) is 0 Å². The fourth-order valence-electron chi connectivity index (χ4n) is 2.42. The zero-order valence-electron chi connectivity index (χ0n) is 8.20. The SMILES string of the molecule is CO[C@H]1O[C@H](CO)[C@@H](O)[C@@H]2[C@@H](C(=O)[O-])[C@H]12. The van der Waals surface area contributed by atoms with Crippen molar-refractivity contribution >= 4 is 5.97 Å². The zero-order valence-corrected chi connectivity index (χ0v) is 8.20. The first kappa shape index (κ1) is 10.8. The van der Waals surface area contributed by atoms with Crippen LogP contribution in [-0.2, 0) is 14.3 Å². The van der Waals surface area contributed by atoms with Crippen LogP contribution in [-0.4, -0.2) is 48.4 Å². The Balaban J connectivity index is 2.13. The summed E-state index contributed by atoms with van der Waals surface area (Å²) in [6, 6.07) is 0. The molecule has 2 fully saturated rings. The van der Waals surface area contributed by atoms with Gasteiger partial charge in [0.05, 0.1) is 12.7 Å². The highest BCUT2D eigenvalue weighted by Gasteiger charge is 2.64. The van der Waals surface area contributed by atoms with Gasteiger partial charge < -0.3 is 29.6 Å². The monoisotopic (exact) mass is 217 g/mol. The van der Waals surface area contributed by atoms with Gasteiger partial charge in [-0.3, -0.25) is 0 Å². The van der Waals surface area contributed by atoms with E-state index in [0.717, 1.165) is 0 Å². The average molecular weight is 217 g/mol. The Kier molecular flexibility index (Phi) is 2.68. The van der Waals surface area contributed by atoms with E-state index in [0.29, 0.717) is 0 Å². The molecule has 0 amide bonds. The molecule has 0 aromatic carbocycles. The Bertz CT molecular complexity index is 267. The molecule has 0 radical (unpaired) electrons. The van der Waals surface area contributed by atoms with E-state index in [1.165, 1.54) is 7.11 Å². The minimum absolute atomic E-state index is 0.357. The van der Waals surface area contributed by atoms with Crippen LogP contribution in [0, 0.1) is 17.8 Å². The predicted octanol–water partition coefficient (Wildman–Crippen LogP) is -2.68. The third-order valence-corrected chi connectivity index (χ3v) is 3.22. The summed E-state index contributed by atoms with van der Waals surface area (Å²) in [6.45, 7) is -0.357. The van der Waals surface area contributed by atoms with E-state index in [9.17, 15) is 15.0 Å². The van der Waals surface area contributed by atoms with Crippen LogP contribution in [0.5, 0.6) is 0 Å². The van der Waals surface area contributed by atoms with Gasteiger partial charge in [-0.1, -0.05) is 0 Å². The normalized spacial score (nSPS) is 48.5. The van der Waals surface area contributed by atoms with Gasteiger partial charge in [0.2, 0.25) is 0 Å². The highest BCUT2D eigenvalue weighted by atomic mass is 16.7. The number of ether oxygens (including phenoxy) is 2. The summed E-state index contributed by atoms with van der Waals surface area (Å²) in [5.74, 6) is -2.72. The minimum atomic E-state index is -1.20. The third-order valence-electron chi connectivity index (χ3n) is 3.22. The predicted molar refractivity (Wildman–Crippen MR) is 44.2 cm³/mol. The summed E-state index contributed by atoms with van der Waals surface area (Å²) < 4.78 is 10.2. The Hall–Kier alpha value is -0.690. The summed E-state index contributed by atoms with van der Waals surface area (Å²) in [4.78, 5) is 10.7. The summed E-state index contributed by atoms with van der Waals surface area (Å²) in [7, 11) is 1.40. The highest BCUT2D eigenvalue weighted by molar-refractivity contribution is 5.72. The van der Waals surface area contributed by atoms with Gasteiger partial charge in [-0.15, -0.1) is 0 Å². The lowest BCUT2D eigenvalue weighted by molar-refractivity contribution is -0.309. The molecule has 2 N–H and O–H groups in total. The molecule has 0 bridgehead atoms. The molecule has 1 heterocycles. The first-order valence-electron chi connectivity index (χ1n) is 4.79. The molecule has 2 rings (SSSR count). The number of aliphatic hydroxyl groups is 2. The number of carbonyl (C=O) groups excluding carboxylic acids is 1. The van der Waals surface area contributed by atoms with Crippen molar-refractivity contribution < 1.29 is 29.6 Å². The number of carbonyl (C=O) groups is 1. The number of rotatable bonds is 3. The molecule has 15 heavy (non-hydrogen) atoms. The molecule has 0 aromatic heterocycles. The van der Waals surface area contributed by atoms with Gasteiger partial charge in [-0.25, -0.2) is 0 Å². The number of hydrogen-bond acceptors (Lipinski definition) is 6. The van der Waals surface area contributed by atoms with E-state index in [-0.39, 0.29) is 12.5 Å². The van der Waals surface area contributed by atoms with Crippen molar-refractivity contribution in [3.63, 3.8) is 0 Å². The summed E-state index contributed by atoms with van der Waals surface area (Å²) >= 11 is 0. The number of carboxylic acid groups (broad SMARTS) is 1. The van der Waals surface area contributed by atoms with Crippen LogP contribution in [0.1, 0.15) is 0 Å².